The second-order valence-electron chi connectivity index (χ2n) is 6.89. The molecule has 10 heteroatoms. The lowest BCUT2D eigenvalue weighted by molar-refractivity contribution is 0.102. The molecule has 1 fully saturated rings. The van der Waals surface area contributed by atoms with E-state index in [0.29, 0.717) is 23.4 Å². The van der Waals surface area contributed by atoms with Gasteiger partial charge in [-0.2, -0.15) is 5.10 Å². The number of hydrogen-bond donors (Lipinski definition) is 2. The maximum atomic E-state index is 12.7. The van der Waals surface area contributed by atoms with Crippen LogP contribution in [0.2, 0.25) is 5.15 Å². The molecular weight excluding hydrogens is 368 g/mol. The van der Waals surface area contributed by atoms with E-state index in [2.05, 4.69) is 44.6 Å². The Morgan fingerprint density at radius 2 is 2.15 bits per heavy atom. The van der Waals surface area contributed by atoms with E-state index in [1.54, 1.807) is 34.7 Å². The molecule has 0 spiro atoms. The van der Waals surface area contributed by atoms with Gasteiger partial charge in [-0.1, -0.05) is 11.6 Å². The first kappa shape index (κ1) is 17.7. The third kappa shape index (κ3) is 3.35. The molecular formula is C17H21ClN8O. The van der Waals surface area contributed by atoms with Gasteiger partial charge in [-0.25, -0.2) is 9.50 Å². The standard InChI is InChI=1S/C17H21ClN8O/c1-10-8-25(11(2)6-19-10)17-20-7-12-4-5-14(26(12)23-17)16(27)21-13-9-24(3)22-15(13)18/h4-5,7,9-11,19H,6,8H2,1-3H3,(H,21,27)/t10-,11-/m1/s1. The van der Waals surface area contributed by atoms with Crippen molar-refractivity contribution in [2.24, 2.45) is 7.05 Å². The van der Waals surface area contributed by atoms with Gasteiger partial charge in [-0.05, 0) is 26.0 Å². The second-order valence-corrected chi connectivity index (χ2v) is 7.24. The third-order valence-corrected chi connectivity index (χ3v) is 4.95. The van der Waals surface area contributed by atoms with Crippen molar-refractivity contribution >= 4 is 34.7 Å². The van der Waals surface area contributed by atoms with E-state index in [-0.39, 0.29) is 17.1 Å². The number of halogens is 1. The van der Waals surface area contributed by atoms with Gasteiger partial charge in [-0.3, -0.25) is 9.48 Å². The summed E-state index contributed by atoms with van der Waals surface area (Å²) in [7, 11) is 1.74. The van der Waals surface area contributed by atoms with E-state index in [9.17, 15) is 4.79 Å². The molecule has 0 aromatic carbocycles. The number of rotatable bonds is 3. The minimum absolute atomic E-state index is 0.241. The third-order valence-electron chi connectivity index (χ3n) is 4.67. The Morgan fingerprint density at radius 1 is 1.33 bits per heavy atom. The summed E-state index contributed by atoms with van der Waals surface area (Å²) in [5.41, 5.74) is 1.61. The van der Waals surface area contributed by atoms with Gasteiger partial charge >= 0.3 is 0 Å². The van der Waals surface area contributed by atoms with Gasteiger partial charge in [0.25, 0.3) is 5.91 Å². The summed E-state index contributed by atoms with van der Waals surface area (Å²) in [4.78, 5) is 19.4. The highest BCUT2D eigenvalue weighted by Gasteiger charge is 2.25. The zero-order valence-corrected chi connectivity index (χ0v) is 16.1. The summed E-state index contributed by atoms with van der Waals surface area (Å²) < 4.78 is 3.16. The first-order valence-electron chi connectivity index (χ1n) is 8.77. The number of carbonyl (C=O) groups is 1. The fraction of sp³-hybridized carbons (Fsp3) is 0.412. The predicted octanol–water partition coefficient (Wildman–Crippen LogP) is 1.56. The molecule has 27 heavy (non-hydrogen) atoms. The predicted molar refractivity (Wildman–Crippen MR) is 103 cm³/mol. The highest BCUT2D eigenvalue weighted by Crippen LogP contribution is 2.21. The molecule has 1 aliphatic rings. The molecule has 3 aromatic rings. The van der Waals surface area contributed by atoms with E-state index in [4.69, 9.17) is 11.6 Å². The number of aryl methyl sites for hydroxylation is 1. The summed E-state index contributed by atoms with van der Waals surface area (Å²) in [6, 6.07) is 4.14. The number of fused-ring (bicyclic) bond motifs is 1. The zero-order chi connectivity index (χ0) is 19.1. The molecule has 0 bridgehead atoms. The molecule has 0 radical (unpaired) electrons. The molecule has 0 unspecified atom stereocenters. The summed E-state index contributed by atoms with van der Waals surface area (Å²) in [5, 5.41) is 15.1. The lowest BCUT2D eigenvalue weighted by atomic mass is 10.1. The quantitative estimate of drug-likeness (QED) is 0.707. The molecule has 1 aliphatic heterocycles. The number of nitrogens with zero attached hydrogens (tertiary/aromatic N) is 6. The largest absolute Gasteiger partial charge is 0.334 e. The highest BCUT2D eigenvalue weighted by atomic mass is 35.5. The lowest BCUT2D eigenvalue weighted by Gasteiger charge is -2.37. The molecule has 4 heterocycles. The Labute approximate surface area is 161 Å². The van der Waals surface area contributed by atoms with Gasteiger partial charge in [0.1, 0.15) is 5.69 Å². The number of hydrogen-bond acceptors (Lipinski definition) is 6. The van der Waals surface area contributed by atoms with Gasteiger partial charge in [0, 0.05) is 38.4 Å². The van der Waals surface area contributed by atoms with E-state index in [0.717, 1.165) is 18.6 Å². The molecule has 0 aliphatic carbocycles. The van der Waals surface area contributed by atoms with Crippen LogP contribution in [-0.2, 0) is 7.05 Å². The maximum Gasteiger partial charge on any atom is 0.274 e. The van der Waals surface area contributed by atoms with Gasteiger partial charge < -0.3 is 15.5 Å². The molecule has 9 nitrogen and oxygen atoms in total. The Hall–Kier alpha value is -2.65. The molecule has 142 valence electrons. The van der Waals surface area contributed by atoms with Crippen LogP contribution >= 0.6 is 11.6 Å². The van der Waals surface area contributed by atoms with Crippen LogP contribution in [0.4, 0.5) is 11.6 Å². The molecule has 2 atom stereocenters. The summed E-state index contributed by atoms with van der Waals surface area (Å²) in [6.07, 6.45) is 3.38. The van der Waals surface area contributed by atoms with Crippen LogP contribution < -0.4 is 15.5 Å². The van der Waals surface area contributed by atoms with Crippen molar-refractivity contribution < 1.29 is 4.79 Å². The minimum atomic E-state index is -0.309. The van der Waals surface area contributed by atoms with E-state index >= 15 is 0 Å². The molecule has 0 saturated carbocycles. The van der Waals surface area contributed by atoms with Crippen LogP contribution in [0.3, 0.4) is 0 Å². The van der Waals surface area contributed by atoms with Gasteiger partial charge in [0.15, 0.2) is 5.15 Å². The SMILES string of the molecule is C[C@@H]1CN(c2ncc3ccc(C(=O)Nc4cn(C)nc4Cl)n3n2)[C@H](C)CN1. The van der Waals surface area contributed by atoms with Crippen LogP contribution in [-0.4, -0.2) is 55.5 Å². The fourth-order valence-electron chi connectivity index (χ4n) is 3.23. The zero-order valence-electron chi connectivity index (χ0n) is 15.3. The summed E-state index contributed by atoms with van der Waals surface area (Å²) >= 11 is 6.03. The molecule has 1 amide bonds. The van der Waals surface area contributed by atoms with Crippen LogP contribution in [0.1, 0.15) is 24.3 Å². The minimum Gasteiger partial charge on any atom is -0.334 e. The average molecular weight is 389 g/mol. The van der Waals surface area contributed by atoms with Crippen molar-refractivity contribution in [1.29, 1.82) is 0 Å². The smallest absolute Gasteiger partial charge is 0.274 e. The number of nitrogens with one attached hydrogen (secondary N) is 2. The summed E-state index contributed by atoms with van der Waals surface area (Å²) in [6.45, 7) is 5.92. The number of carbonyl (C=O) groups excluding carboxylic acids is 1. The van der Waals surface area contributed by atoms with E-state index in [1.807, 2.05) is 6.07 Å². The second kappa shape index (κ2) is 6.82. The Morgan fingerprint density at radius 3 is 2.89 bits per heavy atom. The van der Waals surface area contributed by atoms with Gasteiger partial charge in [0.2, 0.25) is 5.95 Å². The van der Waals surface area contributed by atoms with Crippen molar-refractivity contribution in [3.8, 4) is 0 Å². The van der Waals surface area contributed by atoms with Crippen molar-refractivity contribution in [1.82, 2.24) is 29.7 Å². The average Bonchev–Trinajstić information content (AvgIpc) is 3.19. The van der Waals surface area contributed by atoms with Gasteiger partial charge in [-0.15, -0.1) is 5.10 Å². The molecule has 2 N–H and O–H groups in total. The monoisotopic (exact) mass is 388 g/mol. The molecule has 3 aromatic heterocycles. The number of amides is 1. The number of aromatic nitrogens is 5. The number of piperazine rings is 1. The fourth-order valence-corrected chi connectivity index (χ4v) is 3.44. The highest BCUT2D eigenvalue weighted by molar-refractivity contribution is 6.32. The van der Waals surface area contributed by atoms with Crippen molar-refractivity contribution in [2.75, 3.05) is 23.3 Å². The topological polar surface area (TPSA) is 92.4 Å². The maximum absolute atomic E-state index is 12.7. The summed E-state index contributed by atoms with van der Waals surface area (Å²) in [5.74, 6) is 0.296. The lowest BCUT2D eigenvalue weighted by Crippen LogP contribution is -2.55. The molecule has 4 rings (SSSR count). The van der Waals surface area contributed by atoms with Gasteiger partial charge in [0.05, 0.1) is 17.4 Å². The van der Waals surface area contributed by atoms with Crippen LogP contribution in [0.5, 0.6) is 0 Å². The Balaban J connectivity index is 1.65. The van der Waals surface area contributed by atoms with Crippen molar-refractivity contribution in [3.63, 3.8) is 0 Å². The van der Waals surface area contributed by atoms with Crippen molar-refractivity contribution in [2.45, 2.75) is 25.9 Å². The Bertz CT molecular complexity index is 996. The van der Waals surface area contributed by atoms with Crippen LogP contribution in [0.25, 0.3) is 5.52 Å². The van der Waals surface area contributed by atoms with E-state index in [1.165, 1.54) is 0 Å². The van der Waals surface area contributed by atoms with Crippen LogP contribution in [0.15, 0.2) is 24.5 Å². The normalized spacial score (nSPS) is 20.2. The van der Waals surface area contributed by atoms with E-state index < -0.39 is 0 Å². The first-order chi connectivity index (χ1) is 12.9. The number of anilines is 2. The van der Waals surface area contributed by atoms with Crippen LogP contribution in [0, 0.1) is 0 Å². The first-order valence-corrected chi connectivity index (χ1v) is 9.15. The molecule has 1 saturated heterocycles. The Kier molecular flexibility index (Phi) is 4.48. The van der Waals surface area contributed by atoms with Crippen molar-refractivity contribution in [3.05, 3.63) is 35.4 Å².